The molecule has 1 aromatic heterocycles. The number of anilines is 1. The second-order valence-electron chi connectivity index (χ2n) is 4.39. The topological polar surface area (TPSA) is 81.0 Å². The molecule has 2 rings (SSSR count). The highest BCUT2D eigenvalue weighted by molar-refractivity contribution is 5.31. The van der Waals surface area contributed by atoms with Gasteiger partial charge in [0.05, 0.1) is 10.5 Å². The number of hydrogen-bond acceptors (Lipinski definition) is 5. The second kappa shape index (κ2) is 6.37. The minimum absolute atomic E-state index is 0.215. The van der Waals surface area contributed by atoms with Crippen LogP contribution < -0.4 is 5.32 Å². The third-order valence-electron chi connectivity index (χ3n) is 2.83. The van der Waals surface area contributed by atoms with E-state index < -0.39 is 16.7 Å². The standard InChI is InChI=1S/C13H11F3N4O2/c14-13(15,16)10-3-1-9(2-4-10)5-6-17-12-18-7-11(8-19-12)20(21)22/h1-4,7-8H,5-6H2,(H,17,18,19). The van der Waals surface area contributed by atoms with Gasteiger partial charge in [-0.25, -0.2) is 9.97 Å². The van der Waals surface area contributed by atoms with Gasteiger partial charge >= 0.3 is 11.9 Å². The molecule has 0 aliphatic carbocycles. The minimum atomic E-state index is -4.34. The number of aromatic nitrogens is 2. The Hall–Kier alpha value is -2.71. The van der Waals surface area contributed by atoms with Gasteiger partial charge in [-0.15, -0.1) is 0 Å². The number of benzene rings is 1. The zero-order chi connectivity index (χ0) is 16.2. The number of nitro groups is 1. The molecule has 22 heavy (non-hydrogen) atoms. The lowest BCUT2D eigenvalue weighted by molar-refractivity contribution is -0.385. The molecule has 0 aliphatic heterocycles. The average molecular weight is 312 g/mol. The van der Waals surface area contributed by atoms with Crippen molar-refractivity contribution in [1.29, 1.82) is 0 Å². The molecule has 0 saturated heterocycles. The SMILES string of the molecule is O=[N+]([O-])c1cnc(NCCc2ccc(C(F)(F)F)cc2)nc1. The van der Waals surface area contributed by atoms with E-state index in [0.29, 0.717) is 13.0 Å². The fraction of sp³-hybridized carbons (Fsp3) is 0.231. The van der Waals surface area contributed by atoms with Crippen molar-refractivity contribution in [1.82, 2.24) is 9.97 Å². The first-order valence-electron chi connectivity index (χ1n) is 6.23. The molecular formula is C13H11F3N4O2. The zero-order valence-electron chi connectivity index (χ0n) is 11.2. The summed E-state index contributed by atoms with van der Waals surface area (Å²) in [7, 11) is 0. The fourth-order valence-corrected chi connectivity index (χ4v) is 1.69. The molecular weight excluding hydrogens is 301 g/mol. The molecule has 0 atom stereocenters. The van der Waals surface area contributed by atoms with E-state index in [0.717, 1.165) is 30.1 Å². The molecule has 0 amide bonds. The van der Waals surface area contributed by atoms with Crippen LogP contribution in [0.25, 0.3) is 0 Å². The molecule has 1 heterocycles. The predicted octanol–water partition coefficient (Wildman–Crippen LogP) is 3.06. The van der Waals surface area contributed by atoms with Crippen LogP contribution >= 0.6 is 0 Å². The van der Waals surface area contributed by atoms with Crippen LogP contribution in [0.4, 0.5) is 24.8 Å². The lowest BCUT2D eigenvalue weighted by Gasteiger charge is -2.08. The Morgan fingerprint density at radius 1 is 1.14 bits per heavy atom. The number of nitrogens with zero attached hydrogens (tertiary/aromatic N) is 3. The van der Waals surface area contributed by atoms with Crippen LogP contribution in [-0.4, -0.2) is 21.4 Å². The van der Waals surface area contributed by atoms with Gasteiger partial charge in [-0.05, 0) is 24.1 Å². The molecule has 9 heteroatoms. The summed E-state index contributed by atoms with van der Waals surface area (Å²) in [5.74, 6) is 0.220. The fourth-order valence-electron chi connectivity index (χ4n) is 1.69. The van der Waals surface area contributed by atoms with Gasteiger partial charge in [0.2, 0.25) is 5.95 Å². The third kappa shape index (κ3) is 4.14. The van der Waals surface area contributed by atoms with Gasteiger partial charge in [-0.2, -0.15) is 13.2 Å². The summed E-state index contributed by atoms with van der Waals surface area (Å²) >= 11 is 0. The Balaban J connectivity index is 1.87. The maximum absolute atomic E-state index is 12.4. The largest absolute Gasteiger partial charge is 0.416 e. The lowest BCUT2D eigenvalue weighted by atomic mass is 10.1. The predicted molar refractivity (Wildman–Crippen MR) is 72.3 cm³/mol. The van der Waals surface area contributed by atoms with Gasteiger partial charge in [-0.3, -0.25) is 10.1 Å². The monoisotopic (exact) mass is 312 g/mol. The highest BCUT2D eigenvalue weighted by Gasteiger charge is 2.29. The van der Waals surface area contributed by atoms with Crippen molar-refractivity contribution >= 4 is 11.6 Å². The van der Waals surface area contributed by atoms with E-state index in [1.807, 2.05) is 0 Å². The summed E-state index contributed by atoms with van der Waals surface area (Å²) in [4.78, 5) is 17.4. The zero-order valence-corrected chi connectivity index (χ0v) is 11.2. The molecule has 0 aliphatic rings. The first kappa shape index (κ1) is 15.7. The molecule has 116 valence electrons. The van der Waals surface area contributed by atoms with Crippen molar-refractivity contribution < 1.29 is 18.1 Å². The summed E-state index contributed by atoms with van der Waals surface area (Å²) in [5.41, 5.74) is -0.182. The number of nitrogens with one attached hydrogen (secondary N) is 1. The summed E-state index contributed by atoms with van der Waals surface area (Å²) < 4.78 is 37.2. The Morgan fingerprint density at radius 2 is 1.73 bits per heavy atom. The van der Waals surface area contributed by atoms with Gasteiger partial charge in [0, 0.05) is 6.54 Å². The number of halogens is 3. The van der Waals surface area contributed by atoms with E-state index in [1.165, 1.54) is 12.1 Å². The Kier molecular flexibility index (Phi) is 4.54. The van der Waals surface area contributed by atoms with Gasteiger partial charge in [0.1, 0.15) is 12.4 Å². The van der Waals surface area contributed by atoms with Crippen LogP contribution in [0.3, 0.4) is 0 Å². The highest BCUT2D eigenvalue weighted by atomic mass is 19.4. The first-order chi connectivity index (χ1) is 10.4. The average Bonchev–Trinajstić information content (AvgIpc) is 2.47. The molecule has 0 saturated carbocycles. The Labute approximate surface area is 123 Å². The van der Waals surface area contributed by atoms with Crippen LogP contribution in [-0.2, 0) is 12.6 Å². The van der Waals surface area contributed by atoms with Crippen molar-refractivity contribution in [3.05, 3.63) is 57.9 Å². The molecule has 0 bridgehead atoms. The van der Waals surface area contributed by atoms with Crippen molar-refractivity contribution in [3.8, 4) is 0 Å². The maximum Gasteiger partial charge on any atom is 0.416 e. The van der Waals surface area contributed by atoms with Gasteiger partial charge in [0.15, 0.2) is 0 Å². The van der Waals surface area contributed by atoms with Crippen molar-refractivity contribution in [2.24, 2.45) is 0 Å². The second-order valence-corrected chi connectivity index (χ2v) is 4.39. The Morgan fingerprint density at radius 3 is 2.23 bits per heavy atom. The summed E-state index contributed by atoms with van der Waals surface area (Å²) in [6.07, 6.45) is -1.72. The number of rotatable bonds is 5. The van der Waals surface area contributed by atoms with Crippen LogP contribution in [0, 0.1) is 10.1 Å². The van der Waals surface area contributed by atoms with Crippen molar-refractivity contribution in [2.75, 3.05) is 11.9 Å². The molecule has 0 unspecified atom stereocenters. The summed E-state index contributed by atoms with van der Waals surface area (Å²) in [6.45, 7) is 0.392. The smallest absolute Gasteiger partial charge is 0.354 e. The van der Waals surface area contributed by atoms with Gasteiger partial charge in [0.25, 0.3) is 0 Å². The molecule has 1 N–H and O–H groups in total. The lowest BCUT2D eigenvalue weighted by Crippen LogP contribution is -2.09. The highest BCUT2D eigenvalue weighted by Crippen LogP contribution is 2.29. The van der Waals surface area contributed by atoms with E-state index in [4.69, 9.17) is 0 Å². The van der Waals surface area contributed by atoms with Gasteiger partial charge in [-0.1, -0.05) is 12.1 Å². The van der Waals surface area contributed by atoms with Crippen molar-refractivity contribution in [3.63, 3.8) is 0 Å². The van der Waals surface area contributed by atoms with E-state index in [1.54, 1.807) is 0 Å². The van der Waals surface area contributed by atoms with Gasteiger partial charge < -0.3 is 5.32 Å². The van der Waals surface area contributed by atoms with E-state index in [9.17, 15) is 23.3 Å². The van der Waals surface area contributed by atoms with E-state index in [2.05, 4.69) is 15.3 Å². The quantitative estimate of drug-likeness (QED) is 0.678. The maximum atomic E-state index is 12.4. The van der Waals surface area contributed by atoms with Crippen LogP contribution in [0.1, 0.15) is 11.1 Å². The first-order valence-corrected chi connectivity index (χ1v) is 6.23. The Bertz CT molecular complexity index is 642. The summed E-state index contributed by atoms with van der Waals surface area (Å²) in [6, 6.07) is 4.86. The third-order valence-corrected chi connectivity index (χ3v) is 2.83. The van der Waals surface area contributed by atoms with Crippen LogP contribution in [0.2, 0.25) is 0 Å². The number of hydrogen-bond donors (Lipinski definition) is 1. The molecule has 0 radical (unpaired) electrons. The molecule has 0 fully saturated rings. The molecule has 1 aromatic carbocycles. The molecule has 2 aromatic rings. The number of alkyl halides is 3. The van der Waals surface area contributed by atoms with E-state index >= 15 is 0 Å². The normalized spacial score (nSPS) is 11.2. The van der Waals surface area contributed by atoms with Crippen molar-refractivity contribution in [2.45, 2.75) is 12.6 Å². The summed E-state index contributed by atoms with van der Waals surface area (Å²) in [5, 5.41) is 13.3. The van der Waals surface area contributed by atoms with Crippen LogP contribution in [0.5, 0.6) is 0 Å². The molecule has 0 spiro atoms. The molecule has 6 nitrogen and oxygen atoms in total. The van der Waals surface area contributed by atoms with E-state index in [-0.39, 0.29) is 11.6 Å². The minimum Gasteiger partial charge on any atom is -0.354 e. The van der Waals surface area contributed by atoms with Crippen LogP contribution in [0.15, 0.2) is 36.7 Å².